The first-order chi connectivity index (χ1) is 8.51. The summed E-state index contributed by atoms with van der Waals surface area (Å²) in [5.74, 6) is 0.874. The predicted octanol–water partition coefficient (Wildman–Crippen LogP) is 3.21. The summed E-state index contributed by atoms with van der Waals surface area (Å²) < 4.78 is 11.2. The van der Waals surface area contributed by atoms with Crippen LogP contribution in [0.15, 0.2) is 22.3 Å². The van der Waals surface area contributed by atoms with Crippen LogP contribution in [0.2, 0.25) is 0 Å². The van der Waals surface area contributed by atoms with E-state index in [4.69, 9.17) is 9.15 Å². The molecule has 3 heteroatoms. The lowest BCUT2D eigenvalue weighted by molar-refractivity contribution is 0.0951. The topological polar surface area (TPSA) is 42.7 Å². The van der Waals surface area contributed by atoms with Gasteiger partial charge < -0.3 is 9.15 Å². The molecule has 1 aliphatic heterocycles. The maximum atomic E-state index is 12.5. The molecule has 1 fully saturated rings. The van der Waals surface area contributed by atoms with Crippen LogP contribution in [0.5, 0.6) is 0 Å². The summed E-state index contributed by atoms with van der Waals surface area (Å²) in [6, 6.07) is 0. The third-order valence-electron chi connectivity index (χ3n) is 3.99. The van der Waals surface area contributed by atoms with Gasteiger partial charge >= 0.3 is 0 Å². The number of fused-ring (bicyclic) bond motifs is 2. The van der Waals surface area contributed by atoms with Crippen molar-refractivity contribution in [1.82, 2.24) is 0 Å². The Hall–Kier alpha value is -1.35. The minimum absolute atomic E-state index is 0.0912. The smallest absolute Gasteiger partial charge is 0.198 e. The van der Waals surface area contributed by atoms with Crippen LogP contribution >= 0.6 is 0 Å². The minimum Gasteiger partial charge on any atom is -0.468 e. The van der Waals surface area contributed by atoms with E-state index in [-0.39, 0.29) is 17.5 Å². The highest BCUT2D eigenvalue weighted by molar-refractivity contribution is 6.04. The summed E-state index contributed by atoms with van der Waals surface area (Å²) >= 11 is 0. The molecule has 0 saturated carbocycles. The second-order valence-electron chi connectivity index (χ2n) is 5.66. The van der Waals surface area contributed by atoms with Crippen molar-refractivity contribution in [2.24, 2.45) is 0 Å². The lowest BCUT2D eigenvalue weighted by Crippen LogP contribution is -2.20. The normalized spacial score (nSPS) is 31.4. The van der Waals surface area contributed by atoms with Gasteiger partial charge in [0.15, 0.2) is 5.78 Å². The van der Waals surface area contributed by atoms with E-state index in [1.165, 1.54) is 5.57 Å². The van der Waals surface area contributed by atoms with Crippen molar-refractivity contribution in [2.75, 3.05) is 0 Å². The van der Waals surface area contributed by atoms with Crippen LogP contribution in [0.25, 0.3) is 0 Å². The van der Waals surface area contributed by atoms with E-state index >= 15 is 0 Å². The molecular formula is C15H18O3. The summed E-state index contributed by atoms with van der Waals surface area (Å²) in [4.78, 5) is 12.5. The fourth-order valence-electron chi connectivity index (χ4n) is 2.78. The molecule has 2 atom stereocenters. The van der Waals surface area contributed by atoms with Gasteiger partial charge in [-0.05, 0) is 39.2 Å². The van der Waals surface area contributed by atoms with Gasteiger partial charge in [-0.25, -0.2) is 0 Å². The second kappa shape index (κ2) is 3.82. The number of epoxide rings is 1. The Labute approximate surface area is 107 Å². The highest BCUT2D eigenvalue weighted by atomic mass is 16.6. The third kappa shape index (κ3) is 1.74. The molecular weight excluding hydrogens is 228 g/mol. The van der Waals surface area contributed by atoms with Crippen molar-refractivity contribution in [3.05, 3.63) is 34.8 Å². The average molecular weight is 246 g/mol. The van der Waals surface area contributed by atoms with Crippen LogP contribution in [0.4, 0.5) is 0 Å². The molecule has 0 N–H and O–H groups in total. The van der Waals surface area contributed by atoms with E-state index in [1.807, 2.05) is 13.8 Å². The molecule has 1 aliphatic carbocycles. The number of rotatable bonds is 0. The van der Waals surface area contributed by atoms with Gasteiger partial charge in [-0.2, -0.15) is 0 Å². The van der Waals surface area contributed by atoms with Gasteiger partial charge in [0.2, 0.25) is 0 Å². The molecule has 3 nitrogen and oxygen atoms in total. The SMILES string of the molecule is CC1=CCC[C@@]2(C)O[C@H]2C(=O)c2c(C)coc2C1. The van der Waals surface area contributed by atoms with Crippen molar-refractivity contribution in [3.8, 4) is 0 Å². The number of ketones is 1. The zero-order valence-electron chi connectivity index (χ0n) is 11.1. The predicted molar refractivity (Wildman–Crippen MR) is 67.7 cm³/mol. The molecule has 0 amide bonds. The molecule has 0 unspecified atom stereocenters. The number of aryl methyl sites for hydroxylation is 1. The largest absolute Gasteiger partial charge is 0.468 e. The van der Waals surface area contributed by atoms with Crippen molar-refractivity contribution >= 4 is 5.78 Å². The Kier molecular flexibility index (Phi) is 2.49. The summed E-state index contributed by atoms with van der Waals surface area (Å²) in [7, 11) is 0. The van der Waals surface area contributed by atoms with E-state index < -0.39 is 0 Å². The van der Waals surface area contributed by atoms with Crippen LogP contribution < -0.4 is 0 Å². The van der Waals surface area contributed by atoms with Crippen molar-refractivity contribution in [1.29, 1.82) is 0 Å². The van der Waals surface area contributed by atoms with E-state index in [9.17, 15) is 4.79 Å². The fourth-order valence-corrected chi connectivity index (χ4v) is 2.78. The molecule has 1 saturated heterocycles. The molecule has 1 aromatic rings. The van der Waals surface area contributed by atoms with Crippen LogP contribution in [0.3, 0.4) is 0 Å². The Morgan fingerprint density at radius 3 is 2.94 bits per heavy atom. The van der Waals surface area contributed by atoms with Gasteiger partial charge in [-0.15, -0.1) is 0 Å². The molecule has 0 bridgehead atoms. The Morgan fingerprint density at radius 1 is 1.39 bits per heavy atom. The van der Waals surface area contributed by atoms with Crippen LogP contribution in [0.1, 0.15) is 48.4 Å². The summed E-state index contributed by atoms with van der Waals surface area (Å²) in [6.07, 6.45) is 6.21. The molecule has 3 rings (SSSR count). The molecule has 0 spiro atoms. The number of carbonyl (C=O) groups is 1. The number of hydrogen-bond acceptors (Lipinski definition) is 3. The number of furan rings is 1. The minimum atomic E-state index is -0.278. The van der Waals surface area contributed by atoms with Crippen molar-refractivity contribution in [3.63, 3.8) is 0 Å². The van der Waals surface area contributed by atoms with Gasteiger partial charge in [0, 0.05) is 6.42 Å². The molecule has 1 aromatic heterocycles. The third-order valence-corrected chi connectivity index (χ3v) is 3.99. The van der Waals surface area contributed by atoms with Gasteiger partial charge in [0.1, 0.15) is 17.5 Å². The first-order valence-electron chi connectivity index (χ1n) is 6.46. The number of ether oxygens (including phenoxy) is 1. The monoisotopic (exact) mass is 246 g/mol. The zero-order valence-corrected chi connectivity index (χ0v) is 11.1. The highest BCUT2D eigenvalue weighted by Gasteiger charge is 2.56. The molecule has 2 aliphatic rings. The lowest BCUT2D eigenvalue weighted by atomic mass is 9.91. The van der Waals surface area contributed by atoms with E-state index in [0.29, 0.717) is 0 Å². The lowest BCUT2D eigenvalue weighted by Gasteiger charge is -2.08. The van der Waals surface area contributed by atoms with E-state index in [2.05, 4.69) is 13.0 Å². The average Bonchev–Trinajstić information content (AvgIpc) is 2.84. The van der Waals surface area contributed by atoms with Crippen LogP contribution in [0, 0.1) is 6.92 Å². The number of allylic oxidation sites excluding steroid dienone is 2. The quantitative estimate of drug-likeness (QED) is 0.521. The van der Waals surface area contributed by atoms with Gasteiger partial charge in [-0.3, -0.25) is 4.79 Å². The molecule has 0 aromatic carbocycles. The summed E-state index contributed by atoms with van der Waals surface area (Å²) in [6.45, 7) is 6.03. The zero-order chi connectivity index (χ0) is 12.9. The summed E-state index contributed by atoms with van der Waals surface area (Å²) in [5, 5.41) is 0. The van der Waals surface area contributed by atoms with E-state index in [0.717, 1.165) is 36.1 Å². The van der Waals surface area contributed by atoms with Gasteiger partial charge in [0.05, 0.1) is 11.8 Å². The number of hydrogen-bond donors (Lipinski definition) is 0. The number of carbonyl (C=O) groups excluding carboxylic acids is 1. The molecule has 0 radical (unpaired) electrons. The molecule has 18 heavy (non-hydrogen) atoms. The Bertz CT molecular complexity index is 538. The first kappa shape index (κ1) is 11.7. The van der Waals surface area contributed by atoms with E-state index in [1.54, 1.807) is 6.26 Å². The van der Waals surface area contributed by atoms with Crippen molar-refractivity contribution < 1.29 is 13.9 Å². The second-order valence-corrected chi connectivity index (χ2v) is 5.66. The Balaban J connectivity index is 2.05. The standard InChI is InChI=1S/C15H18O3/c1-9-5-4-6-15(3)14(18-15)13(16)12-10(2)8-17-11(12)7-9/h5,8,14H,4,6-7H2,1-3H3/t14-,15+/m0/s1. The van der Waals surface area contributed by atoms with Crippen LogP contribution in [-0.4, -0.2) is 17.5 Å². The molecule has 96 valence electrons. The fraction of sp³-hybridized carbons (Fsp3) is 0.533. The number of Topliss-reactive ketones (excluding diaryl/α,β-unsaturated/α-hetero) is 1. The molecule has 2 heterocycles. The van der Waals surface area contributed by atoms with Gasteiger partial charge in [-0.1, -0.05) is 11.6 Å². The highest BCUT2D eigenvalue weighted by Crippen LogP contribution is 2.43. The summed E-state index contributed by atoms with van der Waals surface area (Å²) in [5.41, 5.74) is 2.63. The maximum Gasteiger partial charge on any atom is 0.198 e. The van der Waals surface area contributed by atoms with Gasteiger partial charge in [0.25, 0.3) is 0 Å². The Morgan fingerprint density at radius 2 is 2.17 bits per heavy atom. The first-order valence-corrected chi connectivity index (χ1v) is 6.46. The van der Waals surface area contributed by atoms with Crippen molar-refractivity contribution in [2.45, 2.75) is 51.7 Å². The maximum absolute atomic E-state index is 12.5. The van der Waals surface area contributed by atoms with Crippen LogP contribution in [-0.2, 0) is 11.2 Å².